The lowest BCUT2D eigenvalue weighted by molar-refractivity contribution is 0.0951. The van der Waals surface area contributed by atoms with Crippen molar-refractivity contribution in [1.82, 2.24) is 5.32 Å². The van der Waals surface area contributed by atoms with E-state index in [1.165, 1.54) is 0 Å². The number of nitrogens with one attached hydrogen (secondary N) is 1. The summed E-state index contributed by atoms with van der Waals surface area (Å²) in [5.74, 6) is 0.650. The molecule has 0 heterocycles. The molecule has 4 nitrogen and oxygen atoms in total. The molecule has 2 aromatic rings. The SMILES string of the molecule is N#Cc1cccc(C(=O)NCCCOc2ccccc2)c1. The Labute approximate surface area is 124 Å². The number of benzene rings is 2. The minimum Gasteiger partial charge on any atom is -0.494 e. The molecule has 0 aromatic heterocycles. The van der Waals surface area contributed by atoms with Crippen LogP contribution in [0.4, 0.5) is 0 Å². The van der Waals surface area contributed by atoms with Crippen LogP contribution >= 0.6 is 0 Å². The van der Waals surface area contributed by atoms with E-state index in [9.17, 15) is 4.79 Å². The number of carbonyl (C=O) groups is 1. The van der Waals surface area contributed by atoms with Crippen LogP contribution in [-0.2, 0) is 0 Å². The topological polar surface area (TPSA) is 62.1 Å². The Morgan fingerprint density at radius 2 is 1.95 bits per heavy atom. The highest BCUT2D eigenvalue weighted by Gasteiger charge is 2.05. The lowest BCUT2D eigenvalue weighted by Gasteiger charge is -2.07. The fourth-order valence-electron chi connectivity index (χ4n) is 1.81. The largest absolute Gasteiger partial charge is 0.494 e. The van der Waals surface area contributed by atoms with Gasteiger partial charge in [0, 0.05) is 12.1 Å². The number of ether oxygens (including phenoxy) is 1. The molecular weight excluding hydrogens is 264 g/mol. The molecule has 0 saturated heterocycles. The van der Waals surface area contributed by atoms with Gasteiger partial charge in [-0.05, 0) is 36.8 Å². The molecule has 0 spiro atoms. The molecule has 0 fully saturated rings. The van der Waals surface area contributed by atoms with Crippen LogP contribution < -0.4 is 10.1 Å². The normalized spacial score (nSPS) is 9.67. The van der Waals surface area contributed by atoms with Gasteiger partial charge in [-0.1, -0.05) is 24.3 Å². The lowest BCUT2D eigenvalue weighted by Crippen LogP contribution is -2.25. The number of para-hydroxylation sites is 1. The molecule has 2 rings (SSSR count). The van der Waals surface area contributed by atoms with Crippen LogP contribution in [0.15, 0.2) is 54.6 Å². The van der Waals surface area contributed by atoms with Crippen molar-refractivity contribution < 1.29 is 9.53 Å². The number of nitriles is 1. The first-order valence-electron chi connectivity index (χ1n) is 6.76. The summed E-state index contributed by atoms with van der Waals surface area (Å²) in [5, 5.41) is 11.6. The van der Waals surface area contributed by atoms with Crippen LogP contribution in [-0.4, -0.2) is 19.1 Å². The Balaban J connectivity index is 1.71. The van der Waals surface area contributed by atoms with Crippen molar-refractivity contribution in [3.63, 3.8) is 0 Å². The van der Waals surface area contributed by atoms with E-state index in [0.29, 0.717) is 24.3 Å². The van der Waals surface area contributed by atoms with Crippen molar-refractivity contribution in [3.05, 3.63) is 65.7 Å². The van der Waals surface area contributed by atoms with Crippen LogP contribution in [0.5, 0.6) is 5.75 Å². The van der Waals surface area contributed by atoms with Crippen LogP contribution in [0.2, 0.25) is 0 Å². The molecule has 0 radical (unpaired) electrons. The average Bonchev–Trinajstić information content (AvgIpc) is 2.55. The summed E-state index contributed by atoms with van der Waals surface area (Å²) in [6.07, 6.45) is 0.721. The first kappa shape index (κ1) is 14.6. The zero-order valence-electron chi connectivity index (χ0n) is 11.6. The summed E-state index contributed by atoms with van der Waals surface area (Å²) >= 11 is 0. The van der Waals surface area contributed by atoms with Crippen molar-refractivity contribution >= 4 is 5.91 Å². The van der Waals surface area contributed by atoms with Crippen molar-refractivity contribution in [2.24, 2.45) is 0 Å². The van der Waals surface area contributed by atoms with E-state index in [1.54, 1.807) is 24.3 Å². The summed E-state index contributed by atoms with van der Waals surface area (Å²) in [4.78, 5) is 11.9. The monoisotopic (exact) mass is 280 g/mol. The summed E-state index contributed by atoms with van der Waals surface area (Å²) in [7, 11) is 0. The van der Waals surface area contributed by atoms with Crippen LogP contribution in [0.3, 0.4) is 0 Å². The Bertz CT molecular complexity index is 633. The zero-order valence-corrected chi connectivity index (χ0v) is 11.6. The third-order valence-electron chi connectivity index (χ3n) is 2.87. The molecule has 0 aliphatic rings. The van der Waals surface area contributed by atoms with Crippen molar-refractivity contribution in [2.75, 3.05) is 13.2 Å². The number of hydrogen-bond acceptors (Lipinski definition) is 3. The molecule has 1 N–H and O–H groups in total. The van der Waals surface area contributed by atoms with Gasteiger partial charge in [-0.25, -0.2) is 0 Å². The van der Waals surface area contributed by atoms with Crippen LogP contribution in [0.25, 0.3) is 0 Å². The fourth-order valence-corrected chi connectivity index (χ4v) is 1.81. The van der Waals surface area contributed by atoms with Crippen LogP contribution in [0, 0.1) is 11.3 Å². The van der Waals surface area contributed by atoms with Gasteiger partial charge in [-0.15, -0.1) is 0 Å². The first-order valence-corrected chi connectivity index (χ1v) is 6.76. The molecule has 21 heavy (non-hydrogen) atoms. The second-order valence-corrected chi connectivity index (χ2v) is 4.46. The Hall–Kier alpha value is -2.80. The molecule has 0 aliphatic heterocycles. The van der Waals surface area contributed by atoms with E-state index < -0.39 is 0 Å². The molecule has 0 unspecified atom stereocenters. The highest BCUT2D eigenvalue weighted by molar-refractivity contribution is 5.94. The highest BCUT2D eigenvalue weighted by Crippen LogP contribution is 2.08. The summed E-state index contributed by atoms with van der Waals surface area (Å²) in [5.41, 5.74) is 0.980. The molecule has 0 saturated carbocycles. The number of amides is 1. The third-order valence-corrected chi connectivity index (χ3v) is 2.87. The maximum absolute atomic E-state index is 11.9. The molecule has 0 bridgehead atoms. The average molecular weight is 280 g/mol. The Kier molecular flexibility index (Phi) is 5.36. The van der Waals surface area contributed by atoms with Crippen LogP contribution in [0.1, 0.15) is 22.3 Å². The maximum Gasteiger partial charge on any atom is 0.251 e. The molecule has 106 valence electrons. The molecule has 0 aliphatic carbocycles. The van der Waals surface area contributed by atoms with Gasteiger partial charge >= 0.3 is 0 Å². The standard InChI is InChI=1S/C17H16N2O2/c18-13-14-6-4-7-15(12-14)17(20)19-10-5-11-21-16-8-2-1-3-9-16/h1-4,6-9,12H,5,10-11H2,(H,19,20). The molecule has 0 atom stereocenters. The van der Waals surface area contributed by atoms with E-state index >= 15 is 0 Å². The minimum atomic E-state index is -0.174. The van der Waals surface area contributed by atoms with E-state index in [-0.39, 0.29) is 5.91 Å². The van der Waals surface area contributed by atoms with Crippen molar-refractivity contribution in [3.8, 4) is 11.8 Å². The summed E-state index contributed by atoms with van der Waals surface area (Å²) < 4.78 is 5.54. The van der Waals surface area contributed by atoms with E-state index in [2.05, 4.69) is 5.32 Å². The minimum absolute atomic E-state index is 0.174. The number of carbonyl (C=O) groups excluding carboxylic acids is 1. The van der Waals surface area contributed by atoms with Gasteiger partial charge in [-0.2, -0.15) is 5.26 Å². The first-order chi connectivity index (χ1) is 10.3. The number of nitrogens with zero attached hydrogens (tertiary/aromatic N) is 1. The van der Waals surface area contributed by atoms with Crippen molar-refractivity contribution in [2.45, 2.75) is 6.42 Å². The number of hydrogen-bond donors (Lipinski definition) is 1. The van der Waals surface area contributed by atoms with E-state index in [1.807, 2.05) is 36.4 Å². The Morgan fingerprint density at radius 1 is 1.14 bits per heavy atom. The molecule has 2 aromatic carbocycles. The Morgan fingerprint density at radius 3 is 2.71 bits per heavy atom. The highest BCUT2D eigenvalue weighted by atomic mass is 16.5. The second kappa shape index (κ2) is 7.71. The number of rotatable bonds is 6. The van der Waals surface area contributed by atoms with Gasteiger partial charge in [0.25, 0.3) is 5.91 Å². The van der Waals surface area contributed by atoms with E-state index in [0.717, 1.165) is 12.2 Å². The lowest BCUT2D eigenvalue weighted by atomic mass is 10.1. The summed E-state index contributed by atoms with van der Waals surface area (Å²) in [6, 6.07) is 18.2. The molecular formula is C17H16N2O2. The van der Waals surface area contributed by atoms with Gasteiger partial charge in [0.1, 0.15) is 5.75 Å². The van der Waals surface area contributed by atoms with Crippen molar-refractivity contribution in [1.29, 1.82) is 5.26 Å². The molecule has 4 heteroatoms. The fraction of sp³-hybridized carbons (Fsp3) is 0.176. The predicted molar refractivity (Wildman–Crippen MR) is 80.0 cm³/mol. The van der Waals surface area contributed by atoms with Gasteiger partial charge in [0.05, 0.1) is 18.2 Å². The van der Waals surface area contributed by atoms with Gasteiger partial charge < -0.3 is 10.1 Å². The summed E-state index contributed by atoms with van der Waals surface area (Å²) in [6.45, 7) is 1.07. The quantitative estimate of drug-likeness (QED) is 0.828. The smallest absolute Gasteiger partial charge is 0.251 e. The maximum atomic E-state index is 11.9. The zero-order chi connectivity index (χ0) is 14.9. The predicted octanol–water partition coefficient (Wildman–Crippen LogP) is 2.76. The molecule has 1 amide bonds. The third kappa shape index (κ3) is 4.66. The second-order valence-electron chi connectivity index (χ2n) is 4.46. The van der Waals surface area contributed by atoms with E-state index in [4.69, 9.17) is 10.00 Å². The van der Waals surface area contributed by atoms with Gasteiger partial charge in [0.15, 0.2) is 0 Å². The van der Waals surface area contributed by atoms with Gasteiger partial charge in [0.2, 0.25) is 0 Å². The van der Waals surface area contributed by atoms with Gasteiger partial charge in [-0.3, -0.25) is 4.79 Å².